The summed E-state index contributed by atoms with van der Waals surface area (Å²) in [7, 11) is 0. The third-order valence-corrected chi connectivity index (χ3v) is 4.00. The third kappa shape index (κ3) is 3.84. The molecule has 104 valence electrons. The Morgan fingerprint density at radius 1 is 1.26 bits per heavy atom. The van der Waals surface area contributed by atoms with Crippen molar-refractivity contribution in [1.82, 2.24) is 9.80 Å². The van der Waals surface area contributed by atoms with Crippen molar-refractivity contribution in [2.24, 2.45) is 0 Å². The van der Waals surface area contributed by atoms with Crippen molar-refractivity contribution in [3.63, 3.8) is 0 Å². The Hall–Kier alpha value is -0.780. The van der Waals surface area contributed by atoms with Crippen molar-refractivity contribution >= 4 is 21.7 Å². The summed E-state index contributed by atoms with van der Waals surface area (Å²) >= 11 is 3.27. The van der Waals surface area contributed by atoms with E-state index in [9.17, 15) is 9.18 Å². The molecule has 0 spiro atoms. The highest BCUT2D eigenvalue weighted by molar-refractivity contribution is 9.10. The number of piperazine rings is 1. The molecule has 0 saturated carbocycles. The summed E-state index contributed by atoms with van der Waals surface area (Å²) in [5.41, 5.74) is 0.173. The number of carbonyl (C=O) groups is 1. The van der Waals surface area contributed by atoms with E-state index in [2.05, 4.69) is 32.7 Å². The first kappa shape index (κ1) is 14.6. The number of hydrogen-bond donors (Lipinski definition) is 0. The number of rotatable bonds is 4. The SMILES string of the molecule is CCN1CCN(CC(=O)c2cc(Br)ccc2F)CC1. The molecule has 0 N–H and O–H groups in total. The summed E-state index contributed by atoms with van der Waals surface area (Å²) < 4.78 is 14.4. The lowest BCUT2D eigenvalue weighted by Crippen LogP contribution is -2.47. The van der Waals surface area contributed by atoms with Crippen LogP contribution in [-0.2, 0) is 0 Å². The lowest BCUT2D eigenvalue weighted by atomic mass is 10.1. The van der Waals surface area contributed by atoms with Crippen molar-refractivity contribution in [2.75, 3.05) is 39.3 Å². The van der Waals surface area contributed by atoms with Gasteiger partial charge in [0, 0.05) is 30.7 Å². The standard InChI is InChI=1S/C14H18BrFN2O/c1-2-17-5-7-18(8-6-17)10-14(19)12-9-11(15)3-4-13(12)16/h3-4,9H,2,5-8,10H2,1H3. The minimum absolute atomic E-state index is 0.149. The van der Waals surface area contributed by atoms with Crippen molar-refractivity contribution in [3.8, 4) is 0 Å². The number of Topliss-reactive ketones (excluding diaryl/α,β-unsaturated/α-hetero) is 1. The van der Waals surface area contributed by atoms with Crippen LogP contribution in [0, 0.1) is 5.82 Å². The fourth-order valence-corrected chi connectivity index (χ4v) is 2.62. The van der Waals surface area contributed by atoms with Gasteiger partial charge >= 0.3 is 0 Å². The van der Waals surface area contributed by atoms with E-state index in [1.807, 2.05) is 0 Å². The Morgan fingerprint density at radius 2 is 1.89 bits per heavy atom. The second-order valence-electron chi connectivity index (χ2n) is 4.76. The summed E-state index contributed by atoms with van der Waals surface area (Å²) in [6, 6.07) is 4.48. The molecule has 2 rings (SSSR count). The van der Waals surface area contributed by atoms with Gasteiger partial charge in [0.05, 0.1) is 12.1 Å². The maximum atomic E-state index is 13.6. The summed E-state index contributed by atoms with van der Waals surface area (Å²) in [6.07, 6.45) is 0. The number of likely N-dealkylation sites (N-methyl/N-ethyl adjacent to an activating group) is 1. The molecular formula is C14H18BrFN2O. The maximum Gasteiger partial charge on any atom is 0.179 e. The Kier molecular flexibility index (Phi) is 5.07. The monoisotopic (exact) mass is 328 g/mol. The van der Waals surface area contributed by atoms with Gasteiger partial charge in [0.15, 0.2) is 5.78 Å². The van der Waals surface area contributed by atoms with Gasteiger partial charge in [-0.15, -0.1) is 0 Å². The van der Waals surface area contributed by atoms with Gasteiger partial charge in [-0.05, 0) is 24.7 Å². The van der Waals surface area contributed by atoms with Gasteiger partial charge in [-0.2, -0.15) is 0 Å². The van der Waals surface area contributed by atoms with E-state index in [0.29, 0.717) is 6.54 Å². The maximum absolute atomic E-state index is 13.6. The van der Waals surface area contributed by atoms with Crippen molar-refractivity contribution in [2.45, 2.75) is 6.92 Å². The lowest BCUT2D eigenvalue weighted by Gasteiger charge is -2.33. The van der Waals surface area contributed by atoms with Crippen LogP contribution in [0.3, 0.4) is 0 Å². The zero-order valence-electron chi connectivity index (χ0n) is 11.0. The molecule has 0 amide bonds. The minimum atomic E-state index is -0.444. The molecule has 1 aliphatic heterocycles. The lowest BCUT2D eigenvalue weighted by molar-refractivity contribution is 0.0855. The van der Waals surface area contributed by atoms with Gasteiger partial charge in [-0.3, -0.25) is 9.69 Å². The molecule has 19 heavy (non-hydrogen) atoms. The molecule has 1 aromatic carbocycles. The molecule has 1 aliphatic rings. The fraction of sp³-hybridized carbons (Fsp3) is 0.500. The average molecular weight is 329 g/mol. The number of halogens is 2. The second kappa shape index (κ2) is 6.59. The predicted octanol–water partition coefficient (Wildman–Crippen LogP) is 2.41. The molecule has 3 nitrogen and oxygen atoms in total. The summed E-state index contributed by atoms with van der Waals surface area (Å²) in [6.45, 7) is 7.17. The molecule has 0 radical (unpaired) electrons. The van der Waals surface area contributed by atoms with Crippen LogP contribution >= 0.6 is 15.9 Å². The molecule has 1 aromatic rings. The van der Waals surface area contributed by atoms with Crippen molar-refractivity contribution in [3.05, 3.63) is 34.1 Å². The van der Waals surface area contributed by atoms with Crippen molar-refractivity contribution in [1.29, 1.82) is 0 Å². The molecule has 1 saturated heterocycles. The van der Waals surface area contributed by atoms with E-state index in [1.54, 1.807) is 12.1 Å². The highest BCUT2D eigenvalue weighted by Crippen LogP contribution is 2.16. The van der Waals surface area contributed by atoms with Gasteiger partial charge in [0.2, 0.25) is 0 Å². The average Bonchev–Trinajstić information content (AvgIpc) is 2.42. The smallest absolute Gasteiger partial charge is 0.179 e. The third-order valence-electron chi connectivity index (χ3n) is 3.51. The molecule has 0 bridgehead atoms. The van der Waals surface area contributed by atoms with Crippen LogP contribution in [0.25, 0.3) is 0 Å². The molecule has 1 fully saturated rings. The number of ketones is 1. The predicted molar refractivity (Wildman–Crippen MR) is 77.0 cm³/mol. The number of nitrogens with zero attached hydrogens (tertiary/aromatic N) is 2. The van der Waals surface area contributed by atoms with E-state index >= 15 is 0 Å². The molecule has 0 atom stereocenters. The largest absolute Gasteiger partial charge is 0.301 e. The normalized spacial score (nSPS) is 17.6. The van der Waals surface area contributed by atoms with Crippen LogP contribution in [0.15, 0.2) is 22.7 Å². The molecule has 1 heterocycles. The summed E-state index contributed by atoms with van der Waals surface area (Å²) in [4.78, 5) is 16.6. The highest BCUT2D eigenvalue weighted by Gasteiger charge is 2.20. The molecular weight excluding hydrogens is 311 g/mol. The van der Waals surface area contributed by atoms with Gasteiger partial charge < -0.3 is 4.90 Å². The van der Waals surface area contributed by atoms with E-state index in [-0.39, 0.29) is 11.3 Å². The number of benzene rings is 1. The van der Waals surface area contributed by atoms with Crippen LogP contribution in [-0.4, -0.2) is 54.9 Å². The number of carbonyl (C=O) groups excluding carboxylic acids is 1. The van der Waals surface area contributed by atoms with Gasteiger partial charge in [-0.1, -0.05) is 22.9 Å². The quantitative estimate of drug-likeness (QED) is 0.793. The minimum Gasteiger partial charge on any atom is -0.301 e. The zero-order chi connectivity index (χ0) is 13.8. The van der Waals surface area contributed by atoms with Crippen LogP contribution in [0.4, 0.5) is 4.39 Å². The van der Waals surface area contributed by atoms with E-state index in [0.717, 1.165) is 37.2 Å². The fourth-order valence-electron chi connectivity index (χ4n) is 2.26. The summed E-state index contributed by atoms with van der Waals surface area (Å²) in [5, 5.41) is 0. The van der Waals surface area contributed by atoms with Crippen LogP contribution < -0.4 is 0 Å². The Morgan fingerprint density at radius 3 is 2.53 bits per heavy atom. The highest BCUT2D eigenvalue weighted by atomic mass is 79.9. The summed E-state index contributed by atoms with van der Waals surface area (Å²) in [5.74, 6) is -0.593. The van der Waals surface area contributed by atoms with Gasteiger partial charge in [0.25, 0.3) is 0 Å². The first-order chi connectivity index (χ1) is 9.10. The Balaban J connectivity index is 1.96. The first-order valence-electron chi connectivity index (χ1n) is 6.53. The Bertz CT molecular complexity index is 459. The van der Waals surface area contributed by atoms with E-state index in [1.165, 1.54) is 6.07 Å². The molecule has 5 heteroatoms. The van der Waals surface area contributed by atoms with E-state index in [4.69, 9.17) is 0 Å². The van der Waals surface area contributed by atoms with Crippen LogP contribution in [0.2, 0.25) is 0 Å². The second-order valence-corrected chi connectivity index (χ2v) is 5.67. The number of hydrogen-bond acceptors (Lipinski definition) is 3. The Labute approximate surface area is 121 Å². The molecule has 0 aromatic heterocycles. The zero-order valence-corrected chi connectivity index (χ0v) is 12.6. The van der Waals surface area contributed by atoms with E-state index < -0.39 is 5.82 Å². The molecule has 0 unspecified atom stereocenters. The van der Waals surface area contributed by atoms with Crippen LogP contribution in [0.1, 0.15) is 17.3 Å². The van der Waals surface area contributed by atoms with Gasteiger partial charge in [0.1, 0.15) is 5.82 Å². The van der Waals surface area contributed by atoms with Crippen molar-refractivity contribution < 1.29 is 9.18 Å². The molecule has 0 aliphatic carbocycles. The topological polar surface area (TPSA) is 23.6 Å². The first-order valence-corrected chi connectivity index (χ1v) is 7.32. The van der Waals surface area contributed by atoms with Crippen LogP contribution in [0.5, 0.6) is 0 Å². The van der Waals surface area contributed by atoms with Gasteiger partial charge in [-0.25, -0.2) is 4.39 Å².